The minimum absolute atomic E-state index is 0.0942. The standard InChI is InChI=1S/C14H14N4O/c1-11-9-16-18(10-11)6-5-14(19)17-13-4-2-3-12(7-13)8-15/h2-4,7,9-10H,5-6H2,1H3,(H,17,19). The van der Waals surface area contributed by atoms with Crippen molar-refractivity contribution in [1.82, 2.24) is 9.78 Å². The molecule has 5 heteroatoms. The van der Waals surface area contributed by atoms with E-state index in [9.17, 15) is 4.79 Å². The van der Waals surface area contributed by atoms with Crippen molar-refractivity contribution in [3.05, 3.63) is 47.8 Å². The van der Waals surface area contributed by atoms with E-state index in [1.54, 1.807) is 35.1 Å². The molecule has 0 bridgehead atoms. The normalized spacial score (nSPS) is 9.89. The topological polar surface area (TPSA) is 70.7 Å². The van der Waals surface area contributed by atoms with Gasteiger partial charge in [0.25, 0.3) is 0 Å². The molecule has 0 fully saturated rings. The number of nitriles is 1. The highest BCUT2D eigenvalue weighted by molar-refractivity contribution is 5.90. The van der Waals surface area contributed by atoms with E-state index in [1.807, 2.05) is 19.2 Å². The van der Waals surface area contributed by atoms with Crippen LogP contribution >= 0.6 is 0 Å². The number of rotatable bonds is 4. The first kappa shape index (κ1) is 12.8. The second-order valence-corrected chi connectivity index (χ2v) is 4.27. The van der Waals surface area contributed by atoms with Crippen LogP contribution < -0.4 is 5.32 Å². The number of hydrogen-bond donors (Lipinski definition) is 1. The average molecular weight is 254 g/mol. The summed E-state index contributed by atoms with van der Waals surface area (Å²) in [6.45, 7) is 2.49. The second-order valence-electron chi connectivity index (χ2n) is 4.27. The van der Waals surface area contributed by atoms with Gasteiger partial charge in [0.05, 0.1) is 17.8 Å². The number of carbonyl (C=O) groups is 1. The molecule has 1 amide bonds. The van der Waals surface area contributed by atoms with Crippen molar-refractivity contribution >= 4 is 11.6 Å². The third kappa shape index (κ3) is 3.68. The molecule has 1 heterocycles. The molecule has 0 aliphatic rings. The van der Waals surface area contributed by atoms with Gasteiger partial charge in [-0.25, -0.2) is 0 Å². The molecule has 1 aromatic carbocycles. The molecule has 0 aliphatic carbocycles. The molecule has 2 aromatic rings. The molecule has 96 valence electrons. The van der Waals surface area contributed by atoms with Gasteiger partial charge in [0.2, 0.25) is 5.91 Å². The van der Waals surface area contributed by atoms with Gasteiger partial charge in [-0.2, -0.15) is 10.4 Å². The van der Waals surface area contributed by atoms with Crippen LogP contribution in [0.3, 0.4) is 0 Å². The van der Waals surface area contributed by atoms with Gasteiger partial charge in [-0.15, -0.1) is 0 Å². The first-order valence-corrected chi connectivity index (χ1v) is 5.96. The number of carbonyl (C=O) groups excluding carboxylic acids is 1. The van der Waals surface area contributed by atoms with E-state index in [1.165, 1.54) is 0 Å². The Bertz CT molecular complexity index is 624. The van der Waals surface area contributed by atoms with Gasteiger partial charge in [0.1, 0.15) is 0 Å². The van der Waals surface area contributed by atoms with Crippen LogP contribution in [0.1, 0.15) is 17.5 Å². The Hall–Kier alpha value is -2.61. The summed E-state index contributed by atoms with van der Waals surface area (Å²) >= 11 is 0. The number of amides is 1. The zero-order valence-corrected chi connectivity index (χ0v) is 10.6. The van der Waals surface area contributed by atoms with E-state index < -0.39 is 0 Å². The minimum atomic E-state index is -0.0942. The lowest BCUT2D eigenvalue weighted by molar-refractivity contribution is -0.116. The van der Waals surface area contributed by atoms with Gasteiger partial charge in [0.15, 0.2) is 0 Å². The molecule has 19 heavy (non-hydrogen) atoms. The summed E-state index contributed by atoms with van der Waals surface area (Å²) < 4.78 is 1.74. The van der Waals surface area contributed by atoms with E-state index in [4.69, 9.17) is 5.26 Å². The molecule has 1 aromatic heterocycles. The number of aromatic nitrogens is 2. The molecule has 0 saturated carbocycles. The van der Waals surface area contributed by atoms with E-state index in [0.717, 1.165) is 5.56 Å². The van der Waals surface area contributed by atoms with Crippen molar-refractivity contribution < 1.29 is 4.79 Å². The zero-order chi connectivity index (χ0) is 13.7. The maximum Gasteiger partial charge on any atom is 0.226 e. The Morgan fingerprint density at radius 2 is 2.37 bits per heavy atom. The predicted octanol–water partition coefficient (Wildman–Crippen LogP) is 2.09. The van der Waals surface area contributed by atoms with Crippen LogP contribution in [0.15, 0.2) is 36.7 Å². The van der Waals surface area contributed by atoms with E-state index in [0.29, 0.717) is 24.2 Å². The van der Waals surface area contributed by atoms with Crippen molar-refractivity contribution in [3.63, 3.8) is 0 Å². The van der Waals surface area contributed by atoms with Crippen LogP contribution in [-0.2, 0) is 11.3 Å². The molecule has 2 rings (SSSR count). The summed E-state index contributed by atoms with van der Waals surface area (Å²) in [4.78, 5) is 11.8. The average Bonchev–Trinajstić information content (AvgIpc) is 2.82. The number of anilines is 1. The first-order valence-electron chi connectivity index (χ1n) is 5.96. The van der Waals surface area contributed by atoms with Crippen molar-refractivity contribution in [3.8, 4) is 6.07 Å². The summed E-state index contributed by atoms with van der Waals surface area (Å²) in [6, 6.07) is 8.88. The zero-order valence-electron chi connectivity index (χ0n) is 10.6. The minimum Gasteiger partial charge on any atom is -0.326 e. The number of nitrogens with zero attached hydrogens (tertiary/aromatic N) is 3. The number of aryl methyl sites for hydroxylation is 2. The first-order chi connectivity index (χ1) is 9.17. The van der Waals surface area contributed by atoms with Crippen molar-refractivity contribution in [2.45, 2.75) is 19.9 Å². The fraction of sp³-hybridized carbons (Fsp3) is 0.214. The maximum atomic E-state index is 11.8. The lowest BCUT2D eigenvalue weighted by atomic mass is 10.2. The fourth-order valence-corrected chi connectivity index (χ4v) is 1.70. The van der Waals surface area contributed by atoms with Crippen LogP contribution in [0, 0.1) is 18.3 Å². The molecule has 1 N–H and O–H groups in total. The summed E-state index contributed by atoms with van der Waals surface area (Å²) in [5.41, 5.74) is 2.24. The summed E-state index contributed by atoms with van der Waals surface area (Å²) in [6.07, 6.45) is 4.00. The van der Waals surface area contributed by atoms with Gasteiger partial charge in [-0.3, -0.25) is 9.48 Å². The largest absolute Gasteiger partial charge is 0.326 e. The lowest BCUT2D eigenvalue weighted by Crippen LogP contribution is -2.14. The van der Waals surface area contributed by atoms with Crippen LogP contribution in [0.5, 0.6) is 0 Å². The SMILES string of the molecule is Cc1cnn(CCC(=O)Nc2cccc(C#N)c2)c1. The molecule has 0 unspecified atom stereocenters. The summed E-state index contributed by atoms with van der Waals surface area (Å²) in [5, 5.41) is 15.7. The smallest absolute Gasteiger partial charge is 0.226 e. The highest BCUT2D eigenvalue weighted by Gasteiger charge is 2.04. The Balaban J connectivity index is 1.89. The quantitative estimate of drug-likeness (QED) is 0.908. The second kappa shape index (κ2) is 5.83. The Morgan fingerprint density at radius 3 is 3.05 bits per heavy atom. The third-order valence-electron chi connectivity index (χ3n) is 2.61. The molecule has 0 saturated heterocycles. The monoisotopic (exact) mass is 254 g/mol. The predicted molar refractivity (Wildman–Crippen MR) is 71.4 cm³/mol. The van der Waals surface area contributed by atoms with Gasteiger partial charge in [-0.1, -0.05) is 6.07 Å². The third-order valence-corrected chi connectivity index (χ3v) is 2.61. The summed E-state index contributed by atoms with van der Waals surface area (Å²) in [7, 11) is 0. The molecular formula is C14H14N4O. The summed E-state index contributed by atoms with van der Waals surface area (Å²) in [5.74, 6) is -0.0942. The molecule has 0 radical (unpaired) electrons. The van der Waals surface area contributed by atoms with Gasteiger partial charge < -0.3 is 5.32 Å². The molecule has 0 atom stereocenters. The van der Waals surface area contributed by atoms with Gasteiger partial charge in [-0.05, 0) is 30.7 Å². The van der Waals surface area contributed by atoms with Gasteiger partial charge in [0, 0.05) is 24.8 Å². The number of benzene rings is 1. The van der Waals surface area contributed by atoms with Crippen LogP contribution in [0.2, 0.25) is 0 Å². The maximum absolute atomic E-state index is 11.8. The molecular weight excluding hydrogens is 240 g/mol. The van der Waals surface area contributed by atoms with Crippen LogP contribution in [-0.4, -0.2) is 15.7 Å². The highest BCUT2D eigenvalue weighted by Crippen LogP contribution is 2.10. The van der Waals surface area contributed by atoms with E-state index >= 15 is 0 Å². The Morgan fingerprint density at radius 1 is 1.53 bits per heavy atom. The van der Waals surface area contributed by atoms with Crippen molar-refractivity contribution in [2.24, 2.45) is 0 Å². The number of nitrogens with one attached hydrogen (secondary N) is 1. The molecule has 0 spiro atoms. The lowest BCUT2D eigenvalue weighted by Gasteiger charge is -2.05. The van der Waals surface area contributed by atoms with E-state index in [2.05, 4.69) is 10.4 Å². The van der Waals surface area contributed by atoms with Crippen molar-refractivity contribution in [1.29, 1.82) is 5.26 Å². The Kier molecular flexibility index (Phi) is 3.94. The fourth-order valence-electron chi connectivity index (χ4n) is 1.70. The highest BCUT2D eigenvalue weighted by atomic mass is 16.1. The van der Waals surface area contributed by atoms with Gasteiger partial charge >= 0.3 is 0 Å². The Labute approximate surface area is 111 Å². The van der Waals surface area contributed by atoms with Crippen molar-refractivity contribution in [2.75, 3.05) is 5.32 Å². The van der Waals surface area contributed by atoms with E-state index in [-0.39, 0.29) is 5.91 Å². The van der Waals surface area contributed by atoms with Crippen LogP contribution in [0.25, 0.3) is 0 Å². The number of hydrogen-bond acceptors (Lipinski definition) is 3. The van der Waals surface area contributed by atoms with Crippen LogP contribution in [0.4, 0.5) is 5.69 Å². The molecule has 0 aliphatic heterocycles. The molecule has 5 nitrogen and oxygen atoms in total.